The van der Waals surface area contributed by atoms with Gasteiger partial charge in [-0.2, -0.15) is 0 Å². The van der Waals surface area contributed by atoms with E-state index >= 15 is 0 Å². The third-order valence-electron chi connectivity index (χ3n) is 5.42. The SMILES string of the molecule is CC(C)[C@@H](C(=O)O)c1ccc([C@@H](C)NC(=O)c2cc3c(Cl)c(Cl)ccc3n2C)cc1. The molecule has 1 heterocycles. The van der Waals surface area contributed by atoms with Gasteiger partial charge < -0.3 is 15.0 Å². The molecule has 1 aromatic heterocycles. The lowest BCUT2D eigenvalue weighted by molar-refractivity contribution is -0.139. The highest BCUT2D eigenvalue weighted by atomic mass is 35.5. The number of halogens is 2. The molecule has 0 aliphatic carbocycles. The fraction of sp³-hybridized carbons (Fsp3) is 0.304. The van der Waals surface area contributed by atoms with Crippen LogP contribution in [0.1, 0.15) is 54.3 Å². The molecule has 7 heteroatoms. The molecule has 3 aromatic rings. The number of amides is 1. The molecule has 2 N–H and O–H groups in total. The van der Waals surface area contributed by atoms with Gasteiger partial charge in [-0.25, -0.2) is 0 Å². The molecular weight excluding hydrogens is 423 g/mol. The summed E-state index contributed by atoms with van der Waals surface area (Å²) in [6.45, 7) is 5.66. The van der Waals surface area contributed by atoms with E-state index in [-0.39, 0.29) is 17.9 Å². The molecule has 5 nitrogen and oxygen atoms in total. The number of hydrogen-bond donors (Lipinski definition) is 2. The quantitative estimate of drug-likeness (QED) is 0.502. The molecule has 2 aromatic carbocycles. The van der Waals surface area contributed by atoms with E-state index in [2.05, 4.69) is 5.32 Å². The Labute approximate surface area is 185 Å². The largest absolute Gasteiger partial charge is 0.481 e. The number of hydrogen-bond acceptors (Lipinski definition) is 2. The molecule has 0 aliphatic rings. The highest BCUT2D eigenvalue weighted by Gasteiger charge is 2.24. The average molecular weight is 447 g/mol. The monoisotopic (exact) mass is 446 g/mol. The zero-order chi connectivity index (χ0) is 22.2. The number of benzene rings is 2. The van der Waals surface area contributed by atoms with Crippen molar-refractivity contribution < 1.29 is 14.7 Å². The highest BCUT2D eigenvalue weighted by molar-refractivity contribution is 6.45. The topological polar surface area (TPSA) is 71.3 Å². The van der Waals surface area contributed by atoms with Gasteiger partial charge in [0.15, 0.2) is 0 Å². The van der Waals surface area contributed by atoms with Crippen LogP contribution in [0.25, 0.3) is 10.9 Å². The van der Waals surface area contributed by atoms with Gasteiger partial charge in [-0.3, -0.25) is 9.59 Å². The molecule has 0 radical (unpaired) electrons. The standard InChI is InChI=1S/C23H24Cl2N2O3/c1-12(2)20(23(29)30)15-7-5-14(6-8-15)13(3)26-22(28)19-11-16-18(27(19)4)10-9-17(24)21(16)25/h5-13,20H,1-4H3,(H,26,28)(H,29,30)/t13-,20-/m1/s1. The number of carboxylic acid groups (broad SMARTS) is 1. The van der Waals surface area contributed by atoms with Gasteiger partial charge >= 0.3 is 5.97 Å². The van der Waals surface area contributed by atoms with Gasteiger partial charge in [-0.05, 0) is 42.2 Å². The molecule has 158 valence electrons. The number of fused-ring (bicyclic) bond motifs is 1. The van der Waals surface area contributed by atoms with Gasteiger partial charge in [0.2, 0.25) is 0 Å². The number of carbonyl (C=O) groups is 2. The summed E-state index contributed by atoms with van der Waals surface area (Å²) in [5, 5.41) is 14.0. The second-order valence-corrected chi connectivity index (χ2v) is 8.59. The lowest BCUT2D eigenvalue weighted by Gasteiger charge is -2.19. The van der Waals surface area contributed by atoms with Gasteiger partial charge in [-0.15, -0.1) is 0 Å². The van der Waals surface area contributed by atoms with Crippen molar-refractivity contribution in [3.63, 3.8) is 0 Å². The van der Waals surface area contributed by atoms with Crippen LogP contribution in [0.4, 0.5) is 0 Å². The second-order valence-electron chi connectivity index (χ2n) is 7.80. The third-order valence-corrected chi connectivity index (χ3v) is 6.24. The predicted octanol–water partition coefficient (Wildman–Crippen LogP) is 5.80. The molecule has 0 saturated carbocycles. The van der Waals surface area contributed by atoms with Gasteiger partial charge in [-0.1, -0.05) is 61.3 Å². The molecule has 1 amide bonds. The number of aryl methyl sites for hydroxylation is 1. The van der Waals surface area contributed by atoms with Gasteiger partial charge in [0.1, 0.15) is 5.69 Å². The first-order valence-electron chi connectivity index (χ1n) is 9.68. The van der Waals surface area contributed by atoms with Crippen molar-refractivity contribution in [2.24, 2.45) is 13.0 Å². The second kappa shape index (κ2) is 8.70. The summed E-state index contributed by atoms with van der Waals surface area (Å²) >= 11 is 12.4. The van der Waals surface area contributed by atoms with Crippen molar-refractivity contribution in [2.45, 2.75) is 32.7 Å². The Morgan fingerprint density at radius 1 is 1.00 bits per heavy atom. The van der Waals surface area contributed by atoms with Crippen LogP contribution in [-0.2, 0) is 11.8 Å². The van der Waals surface area contributed by atoms with Gasteiger partial charge in [0, 0.05) is 18.0 Å². The first-order chi connectivity index (χ1) is 14.1. The summed E-state index contributed by atoms with van der Waals surface area (Å²) in [4.78, 5) is 24.4. The van der Waals surface area contributed by atoms with E-state index in [9.17, 15) is 14.7 Å². The maximum Gasteiger partial charge on any atom is 0.311 e. The molecule has 2 atom stereocenters. The lowest BCUT2D eigenvalue weighted by atomic mass is 9.88. The Morgan fingerprint density at radius 3 is 2.17 bits per heavy atom. The molecule has 30 heavy (non-hydrogen) atoms. The van der Waals surface area contributed by atoms with Crippen LogP contribution in [0.5, 0.6) is 0 Å². The molecule has 3 rings (SSSR count). The number of nitrogens with zero attached hydrogens (tertiary/aromatic N) is 1. The first-order valence-corrected chi connectivity index (χ1v) is 10.4. The maximum atomic E-state index is 12.9. The van der Waals surface area contributed by atoms with Crippen molar-refractivity contribution in [1.82, 2.24) is 9.88 Å². The number of aliphatic carboxylic acids is 1. The van der Waals surface area contributed by atoms with Crippen LogP contribution in [0.3, 0.4) is 0 Å². The fourth-order valence-electron chi connectivity index (χ4n) is 3.73. The summed E-state index contributed by atoms with van der Waals surface area (Å²) < 4.78 is 1.78. The van der Waals surface area contributed by atoms with Gasteiger partial charge in [0.25, 0.3) is 5.91 Å². The molecule has 0 aliphatic heterocycles. The molecular formula is C23H24Cl2N2O3. The minimum atomic E-state index is -0.839. The summed E-state index contributed by atoms with van der Waals surface area (Å²) in [6, 6.07) is 12.4. The third kappa shape index (κ3) is 4.18. The molecule has 0 fully saturated rings. The van der Waals surface area contributed by atoms with E-state index in [1.165, 1.54) is 0 Å². The summed E-state index contributed by atoms with van der Waals surface area (Å²) in [6.07, 6.45) is 0. The van der Waals surface area contributed by atoms with E-state index in [1.54, 1.807) is 23.7 Å². The normalized spacial score (nSPS) is 13.4. The van der Waals surface area contributed by atoms with Crippen LogP contribution < -0.4 is 5.32 Å². The van der Waals surface area contributed by atoms with Crippen LogP contribution in [0, 0.1) is 5.92 Å². The Morgan fingerprint density at radius 2 is 1.60 bits per heavy atom. The maximum absolute atomic E-state index is 12.9. The number of aromatic nitrogens is 1. The Hall–Kier alpha value is -2.50. The van der Waals surface area contributed by atoms with Crippen molar-refractivity contribution in [3.8, 4) is 0 Å². The number of carboxylic acids is 1. The van der Waals surface area contributed by atoms with Crippen molar-refractivity contribution in [3.05, 3.63) is 69.3 Å². The average Bonchev–Trinajstić information content (AvgIpc) is 3.02. The van der Waals surface area contributed by atoms with Crippen LogP contribution in [0.15, 0.2) is 42.5 Å². The van der Waals surface area contributed by atoms with E-state index in [4.69, 9.17) is 23.2 Å². The van der Waals surface area contributed by atoms with Crippen molar-refractivity contribution >= 4 is 46.0 Å². The molecule has 0 spiro atoms. The lowest BCUT2D eigenvalue weighted by Crippen LogP contribution is -2.28. The van der Waals surface area contributed by atoms with Crippen molar-refractivity contribution in [2.75, 3.05) is 0 Å². The van der Waals surface area contributed by atoms with E-state index < -0.39 is 11.9 Å². The molecule has 0 bridgehead atoms. The van der Waals surface area contributed by atoms with Crippen LogP contribution in [-0.4, -0.2) is 21.6 Å². The summed E-state index contributed by atoms with van der Waals surface area (Å²) in [7, 11) is 1.80. The number of carbonyl (C=O) groups excluding carboxylic acids is 1. The van der Waals surface area contributed by atoms with E-state index in [0.717, 1.165) is 22.0 Å². The minimum absolute atomic E-state index is 0.0164. The predicted molar refractivity (Wildman–Crippen MR) is 120 cm³/mol. The number of nitrogens with one attached hydrogen (secondary N) is 1. The zero-order valence-corrected chi connectivity index (χ0v) is 18.8. The summed E-state index contributed by atoms with van der Waals surface area (Å²) in [5.74, 6) is -1.65. The Kier molecular flexibility index (Phi) is 6.44. The Bertz CT molecular complexity index is 1100. The smallest absolute Gasteiger partial charge is 0.311 e. The number of rotatable bonds is 6. The zero-order valence-electron chi connectivity index (χ0n) is 17.2. The highest BCUT2D eigenvalue weighted by Crippen LogP contribution is 2.33. The minimum Gasteiger partial charge on any atom is -0.481 e. The molecule has 0 saturated heterocycles. The fourth-order valence-corrected chi connectivity index (χ4v) is 4.10. The van der Waals surface area contributed by atoms with Gasteiger partial charge in [0.05, 0.1) is 22.0 Å². The van der Waals surface area contributed by atoms with Crippen LogP contribution in [0.2, 0.25) is 10.0 Å². The summed E-state index contributed by atoms with van der Waals surface area (Å²) in [5.41, 5.74) is 2.93. The molecule has 0 unspecified atom stereocenters. The van der Waals surface area contributed by atoms with Crippen molar-refractivity contribution in [1.29, 1.82) is 0 Å². The first kappa shape index (κ1) is 22.2. The van der Waals surface area contributed by atoms with E-state index in [1.807, 2.05) is 51.1 Å². The van der Waals surface area contributed by atoms with Crippen LogP contribution >= 0.6 is 23.2 Å². The Balaban J connectivity index is 1.81. The van der Waals surface area contributed by atoms with E-state index in [0.29, 0.717) is 15.7 Å².